The van der Waals surface area contributed by atoms with Crippen molar-refractivity contribution in [3.63, 3.8) is 0 Å². The number of hydrogen-bond donors (Lipinski definition) is 3. The molecule has 0 radical (unpaired) electrons. The Bertz CT molecular complexity index is 1410. The Hall–Kier alpha value is -3.15. The molecule has 2 unspecified atom stereocenters. The summed E-state index contributed by atoms with van der Waals surface area (Å²) in [5.74, 6) is -10.3. The van der Waals surface area contributed by atoms with E-state index in [1.54, 1.807) is 20.2 Å². The van der Waals surface area contributed by atoms with Crippen LogP contribution in [0.1, 0.15) is 61.5 Å². The van der Waals surface area contributed by atoms with Crippen LogP contribution >= 0.6 is 0 Å². The van der Waals surface area contributed by atoms with Crippen LogP contribution in [-0.2, 0) is 32.1 Å². The maximum atomic E-state index is 14.1. The Kier molecular flexibility index (Phi) is 7.63. The summed E-state index contributed by atoms with van der Waals surface area (Å²) in [6.07, 6.45) is 2.49. The molecule has 5 rings (SSSR count). The number of aromatic hydroxyl groups is 1. The van der Waals surface area contributed by atoms with E-state index in [4.69, 9.17) is 5.73 Å². The molecule has 0 heterocycles. The first kappa shape index (κ1) is 31.3. The van der Waals surface area contributed by atoms with Crippen LogP contribution in [0.25, 0.3) is 0 Å². The van der Waals surface area contributed by atoms with Crippen molar-refractivity contribution < 1.29 is 34.2 Å². The van der Waals surface area contributed by atoms with Gasteiger partial charge in [-0.15, -0.1) is 0 Å². The van der Waals surface area contributed by atoms with Crippen LogP contribution in [0.2, 0.25) is 0 Å². The SMILES string of the molecule is CN(C)c1c(CN(CC(C)(C)C)C2CC2)cc(O)c2c1C[C@H]1C[C@H]3[C@H](N(C)C)C(=O)C(C(N)=O)C(=O)[C@@]3(O)C(=O)C1C2=O. The number of fused-ring (bicyclic) bond motifs is 3. The standard InChI is InChI=1S/C32H44N4O7/c1-31(2,3)14-36(17-8-9-17)13-16-12-20(37)22-18(24(16)34(4)5)10-15-11-19-25(35(6)7)27(39)23(30(33)42)29(41)32(19,43)28(40)21(15)26(22)38/h12,15,17,19,21,23,25,37,43H,8-11,13-14H2,1-7H3,(H2,33,42)/t15-,19-,21?,23?,25-,32-/m0/s1. The summed E-state index contributed by atoms with van der Waals surface area (Å²) in [5.41, 5.74) is 5.06. The third-order valence-corrected chi connectivity index (χ3v) is 9.67. The van der Waals surface area contributed by atoms with Gasteiger partial charge in [0.2, 0.25) is 5.91 Å². The van der Waals surface area contributed by atoms with Gasteiger partial charge >= 0.3 is 0 Å². The number of rotatable bonds is 7. The van der Waals surface area contributed by atoms with Crippen molar-refractivity contribution in [2.24, 2.45) is 34.8 Å². The van der Waals surface area contributed by atoms with Gasteiger partial charge < -0.3 is 20.8 Å². The number of hydrogen-bond acceptors (Lipinski definition) is 10. The highest BCUT2D eigenvalue weighted by Gasteiger charge is 2.69. The molecule has 1 aromatic rings. The molecule has 0 aromatic heterocycles. The van der Waals surface area contributed by atoms with Crippen LogP contribution in [-0.4, -0.2) is 101 Å². The van der Waals surface area contributed by atoms with Crippen molar-refractivity contribution >= 4 is 34.7 Å². The molecule has 1 amide bonds. The molecular formula is C32H44N4O7. The summed E-state index contributed by atoms with van der Waals surface area (Å²) < 4.78 is 0. The van der Waals surface area contributed by atoms with Crippen molar-refractivity contribution in [1.29, 1.82) is 0 Å². The van der Waals surface area contributed by atoms with Gasteiger partial charge in [-0.05, 0) is 68.3 Å². The van der Waals surface area contributed by atoms with Crippen LogP contribution in [0.3, 0.4) is 0 Å². The second-order valence-electron chi connectivity index (χ2n) is 14.6. The molecular weight excluding hydrogens is 552 g/mol. The predicted octanol–water partition coefficient (Wildman–Crippen LogP) is 0.944. The van der Waals surface area contributed by atoms with Gasteiger partial charge in [-0.3, -0.25) is 33.8 Å². The number of carbonyl (C=O) groups excluding carboxylic acids is 5. The Morgan fingerprint density at radius 3 is 2.21 bits per heavy atom. The highest BCUT2D eigenvalue weighted by Crippen LogP contribution is 2.52. The van der Waals surface area contributed by atoms with E-state index in [1.807, 2.05) is 19.0 Å². The summed E-state index contributed by atoms with van der Waals surface area (Å²) >= 11 is 0. The second-order valence-corrected chi connectivity index (χ2v) is 14.6. The maximum absolute atomic E-state index is 14.1. The molecule has 234 valence electrons. The third kappa shape index (κ3) is 4.99. The normalized spacial score (nSPS) is 30.8. The fourth-order valence-corrected chi connectivity index (χ4v) is 7.99. The molecule has 0 saturated heterocycles. The van der Waals surface area contributed by atoms with Crippen LogP contribution in [0.15, 0.2) is 6.07 Å². The number of ketones is 4. The van der Waals surface area contributed by atoms with Gasteiger partial charge in [0.1, 0.15) is 5.75 Å². The molecule has 43 heavy (non-hydrogen) atoms. The molecule has 11 nitrogen and oxygen atoms in total. The third-order valence-electron chi connectivity index (χ3n) is 9.67. The molecule has 0 bridgehead atoms. The van der Waals surface area contributed by atoms with Gasteiger partial charge in [-0.2, -0.15) is 0 Å². The highest BCUT2D eigenvalue weighted by atomic mass is 16.3. The van der Waals surface area contributed by atoms with Gasteiger partial charge in [0, 0.05) is 44.8 Å². The Labute approximate surface area is 252 Å². The minimum absolute atomic E-state index is 0.0211. The van der Waals surface area contributed by atoms with Crippen LogP contribution in [0, 0.1) is 29.1 Å². The molecule has 6 atom stereocenters. The number of anilines is 1. The largest absolute Gasteiger partial charge is 0.507 e. The number of phenols is 1. The average molecular weight is 597 g/mol. The summed E-state index contributed by atoms with van der Waals surface area (Å²) in [7, 11) is 6.92. The smallest absolute Gasteiger partial charge is 0.235 e. The van der Waals surface area contributed by atoms with E-state index in [2.05, 4.69) is 25.7 Å². The number of phenolic OH excluding ortho intramolecular Hbond substituents is 1. The first-order valence-corrected chi connectivity index (χ1v) is 15.0. The average Bonchev–Trinajstić information content (AvgIpc) is 3.70. The minimum atomic E-state index is -2.73. The van der Waals surface area contributed by atoms with Gasteiger partial charge in [-0.25, -0.2) is 0 Å². The fraction of sp³-hybridized carbons (Fsp3) is 0.656. The van der Waals surface area contributed by atoms with Gasteiger partial charge in [0.05, 0.1) is 17.5 Å². The number of nitrogens with zero attached hydrogens (tertiary/aromatic N) is 3. The quantitative estimate of drug-likeness (QED) is 0.387. The molecule has 4 N–H and O–H groups in total. The van der Waals surface area contributed by atoms with E-state index in [9.17, 15) is 34.2 Å². The summed E-state index contributed by atoms with van der Waals surface area (Å²) in [5, 5.41) is 23.1. The van der Waals surface area contributed by atoms with E-state index in [-0.39, 0.29) is 29.6 Å². The van der Waals surface area contributed by atoms with E-state index in [1.165, 1.54) is 4.90 Å². The maximum Gasteiger partial charge on any atom is 0.235 e. The predicted molar refractivity (Wildman–Crippen MR) is 159 cm³/mol. The van der Waals surface area contributed by atoms with Crippen molar-refractivity contribution in [3.8, 4) is 5.75 Å². The number of aliphatic hydroxyl groups is 1. The lowest BCUT2D eigenvalue weighted by Crippen LogP contribution is -2.74. The molecule has 0 spiro atoms. The van der Waals surface area contributed by atoms with Crippen LogP contribution in [0.5, 0.6) is 5.75 Å². The molecule has 4 aliphatic rings. The first-order chi connectivity index (χ1) is 19.9. The Morgan fingerprint density at radius 1 is 1.07 bits per heavy atom. The van der Waals surface area contributed by atoms with Crippen molar-refractivity contribution in [2.75, 3.05) is 39.6 Å². The Balaban J connectivity index is 1.60. The fourth-order valence-electron chi connectivity index (χ4n) is 7.99. The van der Waals surface area contributed by atoms with Crippen molar-refractivity contribution in [3.05, 3.63) is 22.8 Å². The van der Waals surface area contributed by atoms with E-state index in [0.717, 1.165) is 30.6 Å². The number of likely N-dealkylation sites (N-methyl/N-ethyl adjacent to an activating group) is 1. The molecule has 11 heteroatoms. The monoisotopic (exact) mass is 596 g/mol. The highest BCUT2D eigenvalue weighted by molar-refractivity contribution is 6.32. The number of primary amides is 1. The van der Waals surface area contributed by atoms with E-state index in [0.29, 0.717) is 18.2 Å². The molecule has 1 aromatic carbocycles. The zero-order valence-electron chi connectivity index (χ0n) is 26.1. The van der Waals surface area contributed by atoms with Gasteiger partial charge in [0.25, 0.3) is 0 Å². The van der Waals surface area contributed by atoms with Gasteiger partial charge in [-0.1, -0.05) is 20.8 Å². The van der Waals surface area contributed by atoms with E-state index >= 15 is 0 Å². The lowest BCUT2D eigenvalue weighted by atomic mass is 9.52. The minimum Gasteiger partial charge on any atom is -0.507 e. The summed E-state index contributed by atoms with van der Waals surface area (Å²) in [6, 6.07) is 0.935. The number of benzene rings is 1. The zero-order valence-corrected chi connectivity index (χ0v) is 26.1. The van der Waals surface area contributed by atoms with Crippen molar-refractivity contribution in [2.45, 2.75) is 70.7 Å². The molecule has 0 aliphatic heterocycles. The van der Waals surface area contributed by atoms with Crippen LogP contribution < -0.4 is 10.6 Å². The molecule has 4 aliphatic carbocycles. The van der Waals surface area contributed by atoms with Gasteiger partial charge in [0.15, 0.2) is 34.7 Å². The molecule has 3 fully saturated rings. The lowest BCUT2D eigenvalue weighted by Gasteiger charge is -2.52. The summed E-state index contributed by atoms with van der Waals surface area (Å²) in [4.78, 5) is 73.0. The second kappa shape index (κ2) is 10.5. The number of amides is 1. The topological polar surface area (TPSA) is 162 Å². The number of Topliss-reactive ketones (excluding diaryl/α,β-unsaturated/α-hetero) is 4. The molecule has 3 saturated carbocycles. The number of nitrogens with two attached hydrogens (primary N) is 1. The first-order valence-electron chi connectivity index (χ1n) is 15.0. The number of carbonyl (C=O) groups is 5. The Morgan fingerprint density at radius 2 is 1.70 bits per heavy atom. The van der Waals surface area contributed by atoms with Crippen molar-refractivity contribution in [1.82, 2.24) is 9.80 Å². The lowest BCUT2D eigenvalue weighted by molar-refractivity contribution is -0.181. The summed E-state index contributed by atoms with van der Waals surface area (Å²) in [6.45, 7) is 8.01. The van der Waals surface area contributed by atoms with Crippen LogP contribution in [0.4, 0.5) is 5.69 Å². The zero-order chi connectivity index (χ0) is 31.9. The van der Waals surface area contributed by atoms with E-state index < -0.39 is 64.4 Å².